The molecule has 0 saturated carbocycles. The van der Waals surface area contributed by atoms with Crippen LogP contribution in [0.3, 0.4) is 0 Å². The summed E-state index contributed by atoms with van der Waals surface area (Å²) in [6.07, 6.45) is -0.451. The van der Waals surface area contributed by atoms with Gasteiger partial charge in [-0.05, 0) is 69.5 Å². The maximum atomic E-state index is 13.3. The molecule has 1 heterocycles. The van der Waals surface area contributed by atoms with E-state index >= 15 is 0 Å². The van der Waals surface area contributed by atoms with Crippen LogP contribution in [0.25, 0.3) is 32.9 Å². The van der Waals surface area contributed by atoms with Gasteiger partial charge < -0.3 is 9.47 Å². The molecule has 4 rings (SSSR count). The second-order valence-electron chi connectivity index (χ2n) is 9.44. The van der Waals surface area contributed by atoms with Crippen molar-refractivity contribution < 1.29 is 19.1 Å². The first kappa shape index (κ1) is 22.6. The topological polar surface area (TPSA) is 57.5 Å². The van der Waals surface area contributed by atoms with Crippen molar-refractivity contribution in [3.8, 4) is 11.1 Å². The number of carbonyl (C=O) groups is 2. The molecule has 0 spiro atoms. The van der Waals surface area contributed by atoms with Gasteiger partial charge in [-0.3, -0.25) is 4.79 Å². The summed E-state index contributed by atoms with van der Waals surface area (Å²) in [5.41, 5.74) is 4.98. The number of hydrogen-bond acceptors (Lipinski definition) is 4. The molecule has 33 heavy (non-hydrogen) atoms. The van der Waals surface area contributed by atoms with Crippen molar-refractivity contribution >= 4 is 33.9 Å². The van der Waals surface area contributed by atoms with Gasteiger partial charge in [0.1, 0.15) is 5.60 Å². The minimum absolute atomic E-state index is 0.323. The zero-order chi connectivity index (χ0) is 23.9. The molecule has 0 fully saturated rings. The number of methoxy groups -OCH3 is 1. The van der Waals surface area contributed by atoms with Crippen molar-refractivity contribution in [1.29, 1.82) is 0 Å². The van der Waals surface area contributed by atoms with E-state index in [-0.39, 0.29) is 5.97 Å². The number of nitrogens with zero attached hydrogens (tertiary/aromatic N) is 1. The van der Waals surface area contributed by atoms with E-state index in [0.717, 1.165) is 33.0 Å². The highest BCUT2D eigenvalue weighted by Gasteiger charge is 2.24. The van der Waals surface area contributed by atoms with Crippen molar-refractivity contribution in [2.75, 3.05) is 7.11 Å². The van der Waals surface area contributed by atoms with Crippen LogP contribution in [0.2, 0.25) is 0 Å². The monoisotopic (exact) mass is 443 g/mol. The third kappa shape index (κ3) is 4.36. The molecule has 0 bridgehead atoms. The van der Waals surface area contributed by atoms with Crippen LogP contribution in [0.15, 0.2) is 60.7 Å². The first-order valence-corrected chi connectivity index (χ1v) is 11.1. The van der Waals surface area contributed by atoms with Gasteiger partial charge >= 0.3 is 12.1 Å². The number of esters is 1. The number of aromatic nitrogens is 1. The van der Waals surface area contributed by atoms with Crippen LogP contribution in [0.1, 0.15) is 44.7 Å². The SMILES string of the molecule is COC(=O)C(C)c1ccc2c3cc(-c4ccc(C)cc4)ccc3n(C(=O)OC(C)(C)C)c2c1. The van der Waals surface area contributed by atoms with Crippen LogP contribution in [-0.2, 0) is 14.3 Å². The van der Waals surface area contributed by atoms with Crippen LogP contribution >= 0.6 is 0 Å². The lowest BCUT2D eigenvalue weighted by Crippen LogP contribution is -2.27. The highest BCUT2D eigenvalue weighted by atomic mass is 16.6. The molecule has 3 aromatic carbocycles. The maximum Gasteiger partial charge on any atom is 0.419 e. The molecule has 5 nitrogen and oxygen atoms in total. The van der Waals surface area contributed by atoms with Gasteiger partial charge in [0.15, 0.2) is 0 Å². The molecule has 1 atom stereocenters. The van der Waals surface area contributed by atoms with Gasteiger partial charge in [0, 0.05) is 10.8 Å². The molecule has 0 aliphatic rings. The van der Waals surface area contributed by atoms with Crippen LogP contribution in [0.5, 0.6) is 0 Å². The van der Waals surface area contributed by atoms with E-state index < -0.39 is 17.6 Å². The lowest BCUT2D eigenvalue weighted by molar-refractivity contribution is -0.141. The summed E-state index contributed by atoms with van der Waals surface area (Å²) < 4.78 is 12.2. The van der Waals surface area contributed by atoms with E-state index in [1.807, 2.05) is 51.1 Å². The van der Waals surface area contributed by atoms with Gasteiger partial charge in [0.25, 0.3) is 0 Å². The third-order valence-electron chi connectivity index (χ3n) is 5.81. The fourth-order valence-corrected chi connectivity index (χ4v) is 4.05. The summed E-state index contributed by atoms with van der Waals surface area (Å²) in [5.74, 6) is -0.774. The van der Waals surface area contributed by atoms with Crippen molar-refractivity contribution in [3.63, 3.8) is 0 Å². The van der Waals surface area contributed by atoms with Gasteiger partial charge in [0.05, 0.1) is 24.1 Å². The first-order valence-electron chi connectivity index (χ1n) is 11.1. The molecule has 0 aliphatic carbocycles. The Morgan fingerprint density at radius 1 is 0.848 bits per heavy atom. The Labute approximate surface area is 193 Å². The Bertz CT molecular complexity index is 1360. The minimum Gasteiger partial charge on any atom is -0.469 e. The number of aryl methyl sites for hydroxylation is 1. The number of carbonyl (C=O) groups excluding carboxylic acids is 2. The molecule has 5 heteroatoms. The molecular formula is C28H29NO4. The Morgan fingerprint density at radius 2 is 1.52 bits per heavy atom. The first-order chi connectivity index (χ1) is 15.6. The largest absolute Gasteiger partial charge is 0.469 e. The van der Waals surface area contributed by atoms with Crippen molar-refractivity contribution in [3.05, 3.63) is 71.8 Å². The standard InChI is InChI=1S/C28H29NO4/c1-17-7-9-19(10-8-17)21-12-14-24-23(15-21)22-13-11-20(18(2)26(30)32-6)16-25(22)29(24)27(31)33-28(3,4)5/h7-16,18H,1-6H3. The second kappa shape index (κ2) is 8.39. The normalized spacial score (nSPS) is 12.7. The molecule has 0 aliphatic heterocycles. The predicted octanol–water partition coefficient (Wildman–Crippen LogP) is 6.83. The molecule has 4 aromatic rings. The molecule has 0 amide bonds. The number of rotatable bonds is 3. The lowest BCUT2D eigenvalue weighted by Gasteiger charge is -2.20. The van der Waals surface area contributed by atoms with Gasteiger partial charge in [-0.2, -0.15) is 0 Å². The lowest BCUT2D eigenvalue weighted by atomic mass is 9.98. The molecule has 1 aromatic heterocycles. The fourth-order valence-electron chi connectivity index (χ4n) is 4.05. The van der Waals surface area contributed by atoms with E-state index in [1.54, 1.807) is 11.5 Å². The van der Waals surface area contributed by atoms with E-state index in [0.29, 0.717) is 5.52 Å². The quantitative estimate of drug-likeness (QED) is 0.326. The second-order valence-corrected chi connectivity index (χ2v) is 9.44. The summed E-state index contributed by atoms with van der Waals surface area (Å²) in [6.45, 7) is 9.40. The average Bonchev–Trinajstić information content (AvgIpc) is 3.10. The molecule has 0 radical (unpaired) electrons. The highest BCUT2D eigenvalue weighted by molar-refractivity contribution is 6.13. The third-order valence-corrected chi connectivity index (χ3v) is 5.81. The molecular weight excluding hydrogens is 414 g/mol. The minimum atomic E-state index is -0.640. The zero-order valence-corrected chi connectivity index (χ0v) is 19.9. The van der Waals surface area contributed by atoms with Crippen LogP contribution in [0, 0.1) is 6.92 Å². The highest BCUT2D eigenvalue weighted by Crippen LogP contribution is 2.35. The summed E-state index contributed by atoms with van der Waals surface area (Å²) >= 11 is 0. The maximum absolute atomic E-state index is 13.3. The Morgan fingerprint density at radius 3 is 2.15 bits per heavy atom. The number of fused-ring (bicyclic) bond motifs is 3. The smallest absolute Gasteiger partial charge is 0.419 e. The predicted molar refractivity (Wildman–Crippen MR) is 132 cm³/mol. The van der Waals surface area contributed by atoms with E-state index in [2.05, 4.69) is 37.3 Å². The van der Waals surface area contributed by atoms with E-state index in [9.17, 15) is 9.59 Å². The Kier molecular flexibility index (Phi) is 5.75. The van der Waals surface area contributed by atoms with Crippen molar-refractivity contribution in [2.45, 2.75) is 46.1 Å². The Hall–Kier alpha value is -3.60. The average molecular weight is 444 g/mol. The van der Waals surface area contributed by atoms with Crippen LogP contribution in [0.4, 0.5) is 4.79 Å². The van der Waals surface area contributed by atoms with E-state index in [1.165, 1.54) is 12.7 Å². The summed E-state index contributed by atoms with van der Waals surface area (Å²) in [6, 6.07) is 20.2. The fraction of sp³-hybridized carbons (Fsp3) is 0.286. The molecule has 0 N–H and O–H groups in total. The summed E-state index contributed by atoms with van der Waals surface area (Å²) in [4.78, 5) is 25.4. The van der Waals surface area contributed by atoms with Crippen molar-refractivity contribution in [2.24, 2.45) is 0 Å². The number of ether oxygens (including phenoxy) is 2. The molecule has 170 valence electrons. The van der Waals surface area contributed by atoms with Crippen LogP contribution in [-0.4, -0.2) is 29.3 Å². The van der Waals surface area contributed by atoms with Crippen molar-refractivity contribution in [1.82, 2.24) is 4.57 Å². The Balaban J connectivity index is 1.96. The van der Waals surface area contributed by atoms with E-state index in [4.69, 9.17) is 9.47 Å². The molecule has 0 saturated heterocycles. The van der Waals surface area contributed by atoms with Gasteiger partial charge in [-0.15, -0.1) is 0 Å². The number of hydrogen-bond donors (Lipinski definition) is 0. The zero-order valence-electron chi connectivity index (χ0n) is 19.9. The number of benzene rings is 3. The van der Waals surface area contributed by atoms with Gasteiger partial charge in [-0.25, -0.2) is 9.36 Å². The van der Waals surface area contributed by atoms with Gasteiger partial charge in [-0.1, -0.05) is 48.0 Å². The van der Waals surface area contributed by atoms with Gasteiger partial charge in [0.2, 0.25) is 0 Å². The molecule has 1 unspecified atom stereocenters. The summed E-state index contributed by atoms with van der Waals surface area (Å²) in [5, 5.41) is 1.87. The van der Waals surface area contributed by atoms with Crippen LogP contribution < -0.4 is 0 Å². The summed E-state index contributed by atoms with van der Waals surface area (Å²) in [7, 11) is 1.38.